The van der Waals surface area contributed by atoms with Crippen LogP contribution >= 0.6 is 0 Å². The van der Waals surface area contributed by atoms with E-state index in [1.165, 1.54) is 0 Å². The van der Waals surface area contributed by atoms with Crippen LogP contribution in [-0.4, -0.2) is 42.5 Å². The minimum Gasteiger partial charge on any atom is -0.353 e. The number of likely N-dealkylation sites (tertiary alicyclic amines) is 1. The molecular weight excluding hydrogens is 226 g/mol. The van der Waals surface area contributed by atoms with Crippen LogP contribution in [0.15, 0.2) is 0 Å². The molecule has 0 aromatic carbocycles. The summed E-state index contributed by atoms with van der Waals surface area (Å²) in [5.41, 5.74) is 5.43. The van der Waals surface area contributed by atoms with Crippen LogP contribution in [-0.2, 0) is 4.79 Å². The molecule has 4 heteroatoms. The molecule has 1 saturated heterocycles. The molecule has 0 unspecified atom stereocenters. The SMILES string of the molecule is CC(C)N1CCC(NC(=O)CCCCCN)CC1. The summed E-state index contributed by atoms with van der Waals surface area (Å²) in [4.78, 5) is 14.2. The van der Waals surface area contributed by atoms with Gasteiger partial charge in [-0.2, -0.15) is 0 Å². The predicted molar refractivity (Wildman–Crippen MR) is 75.4 cm³/mol. The van der Waals surface area contributed by atoms with E-state index in [-0.39, 0.29) is 5.91 Å². The van der Waals surface area contributed by atoms with Gasteiger partial charge in [0.15, 0.2) is 0 Å². The highest BCUT2D eigenvalue weighted by molar-refractivity contribution is 5.76. The molecule has 3 N–H and O–H groups in total. The van der Waals surface area contributed by atoms with Crippen molar-refractivity contribution in [2.75, 3.05) is 19.6 Å². The highest BCUT2D eigenvalue weighted by atomic mass is 16.1. The third-order valence-corrected chi connectivity index (χ3v) is 3.73. The number of rotatable bonds is 7. The van der Waals surface area contributed by atoms with Crippen molar-refractivity contribution in [1.82, 2.24) is 10.2 Å². The van der Waals surface area contributed by atoms with Gasteiger partial charge in [0, 0.05) is 31.6 Å². The lowest BCUT2D eigenvalue weighted by Gasteiger charge is -2.34. The Hall–Kier alpha value is -0.610. The van der Waals surface area contributed by atoms with Gasteiger partial charge >= 0.3 is 0 Å². The lowest BCUT2D eigenvalue weighted by atomic mass is 10.0. The summed E-state index contributed by atoms with van der Waals surface area (Å²) in [6, 6.07) is 1.01. The van der Waals surface area contributed by atoms with Crippen LogP contribution < -0.4 is 11.1 Å². The summed E-state index contributed by atoms with van der Waals surface area (Å²) >= 11 is 0. The lowest BCUT2D eigenvalue weighted by molar-refractivity contribution is -0.122. The monoisotopic (exact) mass is 255 g/mol. The summed E-state index contributed by atoms with van der Waals surface area (Å²) in [6.45, 7) is 7.41. The molecule has 18 heavy (non-hydrogen) atoms. The Bertz CT molecular complexity index is 235. The Morgan fingerprint density at radius 2 is 1.94 bits per heavy atom. The molecule has 0 radical (unpaired) electrons. The Labute approximate surface area is 111 Å². The van der Waals surface area contributed by atoms with Crippen molar-refractivity contribution in [2.45, 2.75) is 64.5 Å². The van der Waals surface area contributed by atoms with Crippen LogP contribution in [0.3, 0.4) is 0 Å². The quantitative estimate of drug-likeness (QED) is 0.678. The fourth-order valence-corrected chi connectivity index (χ4v) is 2.47. The number of amides is 1. The molecule has 1 aliphatic heterocycles. The molecule has 1 fully saturated rings. The summed E-state index contributed by atoms with van der Waals surface area (Å²) in [7, 11) is 0. The first-order valence-corrected chi connectivity index (χ1v) is 7.37. The standard InChI is InChI=1S/C14H29N3O/c1-12(2)17-10-7-13(8-11-17)16-14(18)6-4-3-5-9-15/h12-13H,3-11,15H2,1-2H3,(H,16,18). The molecule has 0 saturated carbocycles. The van der Waals surface area contributed by atoms with Gasteiger partial charge in [-0.3, -0.25) is 4.79 Å². The van der Waals surface area contributed by atoms with E-state index in [1.807, 2.05) is 0 Å². The number of carbonyl (C=O) groups excluding carboxylic acids is 1. The molecule has 4 nitrogen and oxygen atoms in total. The fraction of sp³-hybridized carbons (Fsp3) is 0.929. The second-order valence-corrected chi connectivity index (χ2v) is 5.57. The molecule has 1 amide bonds. The number of nitrogens with zero attached hydrogens (tertiary/aromatic N) is 1. The van der Waals surface area contributed by atoms with Crippen LogP contribution in [0.25, 0.3) is 0 Å². The number of nitrogens with two attached hydrogens (primary N) is 1. The normalized spacial score (nSPS) is 18.2. The van der Waals surface area contributed by atoms with Crippen molar-refractivity contribution in [1.29, 1.82) is 0 Å². The Balaban J connectivity index is 2.10. The zero-order valence-electron chi connectivity index (χ0n) is 12.0. The molecule has 1 aliphatic rings. The van der Waals surface area contributed by atoms with E-state index in [0.29, 0.717) is 18.5 Å². The van der Waals surface area contributed by atoms with Crippen LogP contribution in [0.4, 0.5) is 0 Å². The van der Waals surface area contributed by atoms with Gasteiger partial charge in [-0.15, -0.1) is 0 Å². The van der Waals surface area contributed by atoms with Gasteiger partial charge in [0.2, 0.25) is 5.91 Å². The second-order valence-electron chi connectivity index (χ2n) is 5.57. The fourth-order valence-electron chi connectivity index (χ4n) is 2.47. The first-order valence-electron chi connectivity index (χ1n) is 7.37. The summed E-state index contributed by atoms with van der Waals surface area (Å²) < 4.78 is 0. The van der Waals surface area contributed by atoms with Crippen LogP contribution in [0.5, 0.6) is 0 Å². The molecule has 106 valence electrons. The number of hydrogen-bond donors (Lipinski definition) is 2. The van der Waals surface area contributed by atoms with Gasteiger partial charge in [0.05, 0.1) is 0 Å². The van der Waals surface area contributed by atoms with Gasteiger partial charge in [-0.05, 0) is 46.1 Å². The van der Waals surface area contributed by atoms with Crippen molar-refractivity contribution in [3.05, 3.63) is 0 Å². The van der Waals surface area contributed by atoms with Crippen LogP contribution in [0.2, 0.25) is 0 Å². The minimum atomic E-state index is 0.218. The number of nitrogens with one attached hydrogen (secondary N) is 1. The Morgan fingerprint density at radius 3 is 2.50 bits per heavy atom. The van der Waals surface area contributed by atoms with Crippen LogP contribution in [0.1, 0.15) is 52.4 Å². The molecule has 0 aliphatic carbocycles. The molecule has 1 rings (SSSR count). The van der Waals surface area contributed by atoms with Crippen LogP contribution in [0, 0.1) is 0 Å². The smallest absolute Gasteiger partial charge is 0.220 e. The zero-order valence-corrected chi connectivity index (χ0v) is 12.0. The number of hydrogen-bond acceptors (Lipinski definition) is 3. The number of piperidine rings is 1. The topological polar surface area (TPSA) is 58.4 Å². The average molecular weight is 255 g/mol. The van der Waals surface area contributed by atoms with E-state index in [1.54, 1.807) is 0 Å². The molecule has 0 aromatic heterocycles. The molecule has 0 bridgehead atoms. The Morgan fingerprint density at radius 1 is 1.28 bits per heavy atom. The predicted octanol–water partition coefficient (Wildman–Crippen LogP) is 1.49. The first kappa shape index (κ1) is 15.4. The van der Waals surface area contributed by atoms with E-state index in [4.69, 9.17) is 5.73 Å². The van der Waals surface area contributed by atoms with E-state index in [9.17, 15) is 4.79 Å². The molecule has 0 spiro atoms. The molecule has 0 atom stereocenters. The van der Waals surface area contributed by atoms with Gasteiger partial charge in [0.1, 0.15) is 0 Å². The minimum absolute atomic E-state index is 0.218. The third kappa shape index (κ3) is 5.83. The average Bonchev–Trinajstić information content (AvgIpc) is 2.35. The van der Waals surface area contributed by atoms with Crippen molar-refractivity contribution < 1.29 is 4.79 Å². The maximum atomic E-state index is 11.7. The van der Waals surface area contributed by atoms with Crippen molar-refractivity contribution in [3.8, 4) is 0 Å². The highest BCUT2D eigenvalue weighted by Gasteiger charge is 2.21. The largest absolute Gasteiger partial charge is 0.353 e. The van der Waals surface area contributed by atoms with Gasteiger partial charge in [-0.1, -0.05) is 6.42 Å². The third-order valence-electron chi connectivity index (χ3n) is 3.73. The maximum absolute atomic E-state index is 11.7. The van der Waals surface area contributed by atoms with Crippen molar-refractivity contribution in [3.63, 3.8) is 0 Å². The number of carbonyl (C=O) groups is 1. The van der Waals surface area contributed by atoms with E-state index in [2.05, 4.69) is 24.1 Å². The van der Waals surface area contributed by atoms with E-state index >= 15 is 0 Å². The summed E-state index contributed by atoms with van der Waals surface area (Å²) in [5.74, 6) is 0.218. The number of unbranched alkanes of at least 4 members (excludes halogenated alkanes) is 2. The summed E-state index contributed by atoms with van der Waals surface area (Å²) in [6.07, 6.45) is 5.90. The van der Waals surface area contributed by atoms with E-state index in [0.717, 1.165) is 51.7 Å². The van der Waals surface area contributed by atoms with Crippen molar-refractivity contribution >= 4 is 5.91 Å². The first-order chi connectivity index (χ1) is 8.63. The van der Waals surface area contributed by atoms with E-state index < -0.39 is 0 Å². The second kappa shape index (κ2) is 8.48. The highest BCUT2D eigenvalue weighted by Crippen LogP contribution is 2.13. The lowest BCUT2D eigenvalue weighted by Crippen LogP contribution is -2.46. The molecular formula is C14H29N3O. The van der Waals surface area contributed by atoms with Crippen molar-refractivity contribution in [2.24, 2.45) is 5.73 Å². The van der Waals surface area contributed by atoms with Gasteiger partial charge in [0.25, 0.3) is 0 Å². The van der Waals surface area contributed by atoms with Gasteiger partial charge < -0.3 is 16.0 Å². The zero-order chi connectivity index (χ0) is 13.4. The Kier molecular flexibility index (Phi) is 7.28. The summed E-state index contributed by atoms with van der Waals surface area (Å²) in [5, 5.41) is 3.16. The molecule has 1 heterocycles. The molecule has 0 aromatic rings. The maximum Gasteiger partial charge on any atom is 0.220 e. The van der Waals surface area contributed by atoms with Gasteiger partial charge in [-0.25, -0.2) is 0 Å².